The molecule has 0 aliphatic rings. The van der Waals surface area contributed by atoms with E-state index in [4.69, 9.17) is 10.00 Å². The van der Waals surface area contributed by atoms with Crippen LogP contribution >= 0.6 is 0 Å². The molecular weight excluding hydrogens is 454 g/mol. The van der Waals surface area contributed by atoms with E-state index in [1.165, 1.54) is 4.90 Å². The van der Waals surface area contributed by atoms with Crippen LogP contribution in [-0.2, 0) is 20.7 Å². The second kappa shape index (κ2) is 12.9. The number of anilines is 1. The summed E-state index contributed by atoms with van der Waals surface area (Å²) in [5, 5.41) is 11.8. The van der Waals surface area contributed by atoms with Gasteiger partial charge in [0.1, 0.15) is 6.04 Å². The molecule has 0 bridgehead atoms. The molecule has 1 unspecified atom stereocenters. The summed E-state index contributed by atoms with van der Waals surface area (Å²) in [5.74, 6) is -1.57. The quantitative estimate of drug-likeness (QED) is 0.437. The van der Waals surface area contributed by atoms with Crippen molar-refractivity contribution in [1.82, 2.24) is 5.32 Å². The van der Waals surface area contributed by atoms with Gasteiger partial charge in [0.25, 0.3) is 11.8 Å². The summed E-state index contributed by atoms with van der Waals surface area (Å²) >= 11 is 0. The van der Waals surface area contributed by atoms with E-state index >= 15 is 0 Å². The predicted octanol–water partition coefficient (Wildman–Crippen LogP) is 4.13. The van der Waals surface area contributed by atoms with Crippen molar-refractivity contribution in [2.24, 2.45) is 0 Å². The summed E-state index contributed by atoms with van der Waals surface area (Å²) in [6.45, 7) is 3.51. The van der Waals surface area contributed by atoms with Crippen molar-refractivity contribution >= 4 is 23.5 Å². The maximum absolute atomic E-state index is 13.1. The lowest BCUT2D eigenvalue weighted by molar-refractivity contribution is -0.149. The zero-order valence-corrected chi connectivity index (χ0v) is 20.4. The van der Waals surface area contributed by atoms with Crippen LogP contribution < -0.4 is 10.2 Å². The lowest BCUT2D eigenvalue weighted by Gasteiger charge is -2.23. The van der Waals surface area contributed by atoms with Crippen LogP contribution in [0.5, 0.6) is 0 Å². The third-order valence-corrected chi connectivity index (χ3v) is 5.51. The van der Waals surface area contributed by atoms with Crippen LogP contribution in [0, 0.1) is 25.2 Å². The Morgan fingerprint density at radius 1 is 0.944 bits per heavy atom. The van der Waals surface area contributed by atoms with Gasteiger partial charge in [-0.05, 0) is 54.8 Å². The Bertz CT molecular complexity index is 1220. The summed E-state index contributed by atoms with van der Waals surface area (Å²) in [6.07, 6.45) is 0.345. The van der Waals surface area contributed by atoms with Crippen LogP contribution in [0.25, 0.3) is 0 Å². The Kier molecular flexibility index (Phi) is 9.35. The molecule has 2 amide bonds. The SMILES string of the molecule is Cc1cc(C)cc(N(CCC#N)C(=O)COC(=O)C(Cc2ccccc2)NC(=O)c2ccccc2)c1. The van der Waals surface area contributed by atoms with Gasteiger partial charge in [0.15, 0.2) is 6.61 Å². The van der Waals surface area contributed by atoms with Gasteiger partial charge in [-0.3, -0.25) is 9.59 Å². The molecule has 0 radical (unpaired) electrons. The molecule has 0 spiro atoms. The first-order valence-electron chi connectivity index (χ1n) is 11.7. The van der Waals surface area contributed by atoms with Crippen LogP contribution in [0.4, 0.5) is 5.69 Å². The van der Waals surface area contributed by atoms with Crippen LogP contribution in [-0.4, -0.2) is 37.0 Å². The lowest BCUT2D eigenvalue weighted by Crippen LogP contribution is -2.45. The van der Waals surface area contributed by atoms with Crippen LogP contribution in [0.2, 0.25) is 0 Å². The van der Waals surface area contributed by atoms with Crippen molar-refractivity contribution in [2.75, 3.05) is 18.1 Å². The van der Waals surface area contributed by atoms with E-state index in [1.807, 2.05) is 62.4 Å². The first-order chi connectivity index (χ1) is 17.4. The lowest BCUT2D eigenvalue weighted by atomic mass is 10.1. The van der Waals surface area contributed by atoms with E-state index in [0.717, 1.165) is 16.7 Å². The number of nitrogens with one attached hydrogen (secondary N) is 1. The maximum Gasteiger partial charge on any atom is 0.329 e. The van der Waals surface area contributed by atoms with Gasteiger partial charge in [0, 0.05) is 24.2 Å². The number of aryl methyl sites for hydroxylation is 2. The fraction of sp³-hybridized carbons (Fsp3) is 0.241. The Balaban J connectivity index is 1.74. The number of nitrogens with zero attached hydrogens (tertiary/aromatic N) is 2. The fourth-order valence-electron chi connectivity index (χ4n) is 3.85. The number of ether oxygens (including phenoxy) is 1. The monoisotopic (exact) mass is 483 g/mol. The Morgan fingerprint density at radius 3 is 2.17 bits per heavy atom. The number of esters is 1. The third-order valence-electron chi connectivity index (χ3n) is 5.51. The maximum atomic E-state index is 13.1. The zero-order valence-electron chi connectivity index (χ0n) is 20.4. The number of amides is 2. The molecule has 3 aromatic rings. The van der Waals surface area contributed by atoms with Gasteiger partial charge in [-0.1, -0.05) is 54.6 Å². The van der Waals surface area contributed by atoms with E-state index < -0.39 is 30.4 Å². The van der Waals surface area contributed by atoms with Gasteiger partial charge in [0.05, 0.1) is 12.5 Å². The predicted molar refractivity (Wildman–Crippen MR) is 137 cm³/mol. The molecule has 0 fully saturated rings. The van der Waals surface area contributed by atoms with Gasteiger partial charge >= 0.3 is 5.97 Å². The van der Waals surface area contributed by atoms with Gasteiger partial charge < -0.3 is 15.0 Å². The number of hydrogen-bond acceptors (Lipinski definition) is 5. The molecule has 0 saturated heterocycles. The Labute approximate surface area is 211 Å². The van der Waals surface area contributed by atoms with E-state index in [-0.39, 0.29) is 19.4 Å². The molecule has 3 aromatic carbocycles. The minimum Gasteiger partial charge on any atom is -0.454 e. The molecule has 0 aliphatic carbocycles. The topological polar surface area (TPSA) is 99.5 Å². The second-order valence-corrected chi connectivity index (χ2v) is 8.49. The number of rotatable bonds is 10. The molecule has 7 nitrogen and oxygen atoms in total. The van der Waals surface area contributed by atoms with E-state index in [0.29, 0.717) is 11.3 Å². The zero-order chi connectivity index (χ0) is 25.9. The largest absolute Gasteiger partial charge is 0.454 e. The fourth-order valence-corrected chi connectivity index (χ4v) is 3.85. The minimum absolute atomic E-state index is 0.135. The minimum atomic E-state index is -0.985. The van der Waals surface area contributed by atoms with Gasteiger partial charge in [-0.25, -0.2) is 4.79 Å². The summed E-state index contributed by atoms with van der Waals surface area (Å²) in [4.78, 5) is 40.3. The van der Waals surface area contributed by atoms with E-state index in [1.54, 1.807) is 30.3 Å². The molecule has 36 heavy (non-hydrogen) atoms. The molecule has 0 heterocycles. The average molecular weight is 484 g/mol. The molecule has 1 N–H and O–H groups in total. The third kappa shape index (κ3) is 7.54. The first-order valence-corrected chi connectivity index (χ1v) is 11.7. The average Bonchev–Trinajstić information content (AvgIpc) is 2.87. The van der Waals surface area contributed by atoms with E-state index in [9.17, 15) is 14.4 Å². The van der Waals surface area contributed by atoms with Crippen molar-refractivity contribution < 1.29 is 19.1 Å². The number of carbonyl (C=O) groups is 3. The van der Waals surface area contributed by atoms with Gasteiger partial charge in [-0.2, -0.15) is 5.26 Å². The summed E-state index contributed by atoms with van der Waals surface area (Å²) < 4.78 is 5.39. The smallest absolute Gasteiger partial charge is 0.329 e. The van der Waals surface area contributed by atoms with Gasteiger partial charge in [0.2, 0.25) is 0 Å². The van der Waals surface area contributed by atoms with Crippen LogP contribution in [0.3, 0.4) is 0 Å². The van der Waals surface area contributed by atoms with E-state index in [2.05, 4.69) is 11.4 Å². The molecule has 0 aromatic heterocycles. The standard InChI is InChI=1S/C29H29N3O4/c1-21-16-22(2)18-25(17-21)32(15-9-14-30)27(33)20-36-29(35)26(19-23-10-5-3-6-11-23)31-28(34)24-12-7-4-8-13-24/h3-8,10-13,16-18,26H,9,15,19-20H2,1-2H3,(H,31,34). The molecule has 0 saturated carbocycles. The first kappa shape index (κ1) is 26.2. The van der Waals surface area contributed by atoms with Crippen molar-refractivity contribution in [3.63, 3.8) is 0 Å². The van der Waals surface area contributed by atoms with Crippen molar-refractivity contribution in [3.05, 3.63) is 101 Å². The molecule has 184 valence electrons. The number of benzene rings is 3. The van der Waals surface area contributed by atoms with Crippen LogP contribution in [0.15, 0.2) is 78.9 Å². The highest BCUT2D eigenvalue weighted by atomic mass is 16.5. The van der Waals surface area contributed by atoms with Crippen molar-refractivity contribution in [1.29, 1.82) is 5.26 Å². The molecule has 7 heteroatoms. The normalized spacial score (nSPS) is 11.1. The number of nitriles is 1. The highest BCUT2D eigenvalue weighted by Gasteiger charge is 2.25. The van der Waals surface area contributed by atoms with Crippen molar-refractivity contribution in [2.45, 2.75) is 32.7 Å². The molecule has 3 rings (SSSR count). The Morgan fingerprint density at radius 2 is 1.56 bits per heavy atom. The number of hydrogen-bond donors (Lipinski definition) is 1. The summed E-state index contributed by atoms with van der Waals surface area (Å²) in [7, 11) is 0. The van der Waals surface area contributed by atoms with Crippen LogP contribution in [0.1, 0.15) is 33.5 Å². The molecule has 0 aliphatic heterocycles. The highest BCUT2D eigenvalue weighted by Crippen LogP contribution is 2.19. The molecule has 1 atom stereocenters. The Hall–Kier alpha value is -4.44. The second-order valence-electron chi connectivity index (χ2n) is 8.49. The van der Waals surface area contributed by atoms with Crippen molar-refractivity contribution in [3.8, 4) is 6.07 Å². The van der Waals surface area contributed by atoms with Gasteiger partial charge in [-0.15, -0.1) is 0 Å². The summed E-state index contributed by atoms with van der Waals surface area (Å²) in [5.41, 5.74) is 3.84. The number of carbonyl (C=O) groups excluding carboxylic acids is 3. The highest BCUT2D eigenvalue weighted by molar-refractivity contribution is 5.98. The summed E-state index contributed by atoms with van der Waals surface area (Å²) in [6, 6.07) is 24.6. The molecular formula is C29H29N3O4.